The molecule has 2 rings (SSSR count). The second kappa shape index (κ2) is 6.59. The number of benzene rings is 2. The van der Waals surface area contributed by atoms with Crippen molar-refractivity contribution in [3.05, 3.63) is 60.7 Å². The Morgan fingerprint density at radius 3 is 1.67 bits per heavy atom. The Labute approximate surface area is 126 Å². The van der Waals surface area contributed by atoms with Crippen LogP contribution < -0.4 is 10.6 Å². The van der Waals surface area contributed by atoms with Crippen molar-refractivity contribution in [2.45, 2.75) is 6.92 Å². The second-order valence-corrected chi connectivity index (χ2v) is 10.3. The standard InChI is InChI=1S/C16H19O3PS/c1-2-21(18,19)14-13-20(17,15-9-5-3-6-10-15)16-11-7-4-8-12-16/h3-12H,2,13-14H2,1H3. The Balaban J connectivity index is 2.43. The highest BCUT2D eigenvalue weighted by Crippen LogP contribution is 2.43. The smallest absolute Gasteiger partial charge is 0.150 e. The van der Waals surface area contributed by atoms with Crippen LogP contribution in [0.25, 0.3) is 0 Å². The van der Waals surface area contributed by atoms with E-state index < -0.39 is 17.0 Å². The number of hydrogen-bond donors (Lipinski definition) is 0. The van der Waals surface area contributed by atoms with E-state index in [1.54, 1.807) is 6.92 Å². The largest absolute Gasteiger partial charge is 0.314 e. The van der Waals surface area contributed by atoms with Gasteiger partial charge in [0.2, 0.25) is 0 Å². The first-order chi connectivity index (χ1) is 9.98. The third-order valence-electron chi connectivity index (χ3n) is 3.50. The SMILES string of the molecule is CCS(=O)(=O)CCP(=O)(c1ccccc1)c1ccccc1. The van der Waals surface area contributed by atoms with Crippen LogP contribution in [0.5, 0.6) is 0 Å². The first kappa shape index (κ1) is 16.0. The number of hydrogen-bond acceptors (Lipinski definition) is 3. The molecule has 3 nitrogen and oxygen atoms in total. The first-order valence-electron chi connectivity index (χ1n) is 6.89. The van der Waals surface area contributed by atoms with Crippen molar-refractivity contribution in [2.24, 2.45) is 0 Å². The zero-order valence-corrected chi connectivity index (χ0v) is 13.7. The van der Waals surface area contributed by atoms with E-state index in [0.29, 0.717) is 10.6 Å². The van der Waals surface area contributed by atoms with Gasteiger partial charge in [0.1, 0.15) is 7.14 Å². The van der Waals surface area contributed by atoms with Crippen LogP contribution in [-0.2, 0) is 14.4 Å². The molecule has 0 aromatic heterocycles. The van der Waals surface area contributed by atoms with Gasteiger partial charge in [-0.2, -0.15) is 0 Å². The molecule has 0 heterocycles. The minimum absolute atomic E-state index is 0.0510. The van der Waals surface area contributed by atoms with Gasteiger partial charge in [0.05, 0.1) is 5.75 Å². The highest BCUT2D eigenvalue weighted by atomic mass is 32.2. The highest BCUT2D eigenvalue weighted by molar-refractivity contribution is 7.92. The summed E-state index contributed by atoms with van der Waals surface area (Å²) in [6.07, 6.45) is 0.150. The molecule has 0 saturated heterocycles. The molecule has 5 heteroatoms. The molecule has 0 aliphatic rings. The normalized spacial score (nSPS) is 12.2. The number of sulfone groups is 1. The molecule has 0 bridgehead atoms. The summed E-state index contributed by atoms with van der Waals surface area (Å²) in [7, 11) is -6.05. The Bertz CT molecular complexity index is 681. The fourth-order valence-corrected chi connectivity index (χ4v) is 6.71. The highest BCUT2D eigenvalue weighted by Gasteiger charge is 2.28. The minimum atomic E-state index is -3.14. The van der Waals surface area contributed by atoms with Gasteiger partial charge in [0.15, 0.2) is 9.84 Å². The van der Waals surface area contributed by atoms with Gasteiger partial charge in [-0.05, 0) is 0 Å². The van der Waals surface area contributed by atoms with E-state index in [-0.39, 0.29) is 17.7 Å². The predicted molar refractivity (Wildman–Crippen MR) is 89.0 cm³/mol. The lowest BCUT2D eigenvalue weighted by molar-refractivity contribution is 0.584. The van der Waals surface area contributed by atoms with Gasteiger partial charge < -0.3 is 4.57 Å². The maximum absolute atomic E-state index is 13.5. The van der Waals surface area contributed by atoms with Gasteiger partial charge >= 0.3 is 0 Å². The van der Waals surface area contributed by atoms with Gasteiger partial charge in [-0.25, -0.2) is 8.42 Å². The lowest BCUT2D eigenvalue weighted by Crippen LogP contribution is -2.23. The van der Waals surface area contributed by atoms with Crippen LogP contribution in [0, 0.1) is 0 Å². The van der Waals surface area contributed by atoms with Crippen molar-refractivity contribution >= 4 is 27.6 Å². The van der Waals surface area contributed by atoms with Crippen LogP contribution >= 0.6 is 7.14 Å². The van der Waals surface area contributed by atoms with Crippen molar-refractivity contribution in [2.75, 3.05) is 17.7 Å². The minimum Gasteiger partial charge on any atom is -0.314 e. The average Bonchev–Trinajstić information content (AvgIpc) is 2.54. The van der Waals surface area contributed by atoms with Gasteiger partial charge in [0, 0.05) is 22.5 Å². The second-order valence-electron chi connectivity index (χ2n) is 4.87. The molecule has 0 saturated carbocycles. The number of rotatable bonds is 6. The summed E-state index contributed by atoms with van der Waals surface area (Å²) in [6, 6.07) is 18.3. The van der Waals surface area contributed by atoms with Gasteiger partial charge in [0.25, 0.3) is 0 Å². The van der Waals surface area contributed by atoms with E-state index in [4.69, 9.17) is 0 Å². The topological polar surface area (TPSA) is 51.2 Å². The Morgan fingerprint density at radius 1 is 0.857 bits per heavy atom. The summed E-state index contributed by atoms with van der Waals surface area (Å²) < 4.78 is 37.1. The molecular formula is C16H19O3PS. The third-order valence-corrected chi connectivity index (χ3v) is 8.63. The monoisotopic (exact) mass is 322 g/mol. The fraction of sp³-hybridized carbons (Fsp3) is 0.250. The van der Waals surface area contributed by atoms with Crippen LogP contribution in [0.3, 0.4) is 0 Å². The van der Waals surface area contributed by atoms with Crippen molar-refractivity contribution in [1.82, 2.24) is 0 Å². The van der Waals surface area contributed by atoms with Gasteiger partial charge in [-0.1, -0.05) is 67.6 Å². The molecule has 0 radical (unpaired) electrons. The van der Waals surface area contributed by atoms with E-state index in [0.717, 1.165) is 0 Å². The van der Waals surface area contributed by atoms with Crippen LogP contribution in [0.1, 0.15) is 6.92 Å². The first-order valence-corrected chi connectivity index (χ1v) is 10.6. The molecule has 0 aliphatic heterocycles. The molecule has 112 valence electrons. The molecule has 0 spiro atoms. The van der Waals surface area contributed by atoms with Crippen LogP contribution in [0.15, 0.2) is 60.7 Å². The predicted octanol–water partition coefficient (Wildman–Crippen LogP) is 2.44. The lowest BCUT2D eigenvalue weighted by Gasteiger charge is -2.19. The molecule has 2 aromatic carbocycles. The molecule has 0 amide bonds. The molecule has 0 fully saturated rings. The molecule has 0 atom stereocenters. The van der Waals surface area contributed by atoms with Crippen LogP contribution in [0.2, 0.25) is 0 Å². The van der Waals surface area contributed by atoms with Crippen LogP contribution in [0.4, 0.5) is 0 Å². The molecule has 2 aromatic rings. The maximum Gasteiger partial charge on any atom is 0.150 e. The molecule has 0 aliphatic carbocycles. The molecular weight excluding hydrogens is 303 g/mol. The zero-order valence-electron chi connectivity index (χ0n) is 12.0. The lowest BCUT2D eigenvalue weighted by atomic mass is 10.4. The molecule has 21 heavy (non-hydrogen) atoms. The Hall–Kier alpha value is -1.38. The summed E-state index contributed by atoms with van der Waals surface area (Å²) in [6.45, 7) is 1.62. The summed E-state index contributed by atoms with van der Waals surface area (Å²) in [4.78, 5) is 0. The van der Waals surface area contributed by atoms with Crippen molar-refractivity contribution in [3.8, 4) is 0 Å². The molecule has 0 unspecified atom stereocenters. The van der Waals surface area contributed by atoms with Crippen molar-refractivity contribution in [3.63, 3.8) is 0 Å². The average molecular weight is 322 g/mol. The summed E-state index contributed by atoms with van der Waals surface area (Å²) in [5, 5.41) is 1.42. The summed E-state index contributed by atoms with van der Waals surface area (Å²) >= 11 is 0. The summed E-state index contributed by atoms with van der Waals surface area (Å²) in [5.74, 6) is 0.0289. The third kappa shape index (κ3) is 3.84. The quantitative estimate of drug-likeness (QED) is 0.768. The van der Waals surface area contributed by atoms with E-state index in [2.05, 4.69) is 0 Å². The fourth-order valence-electron chi connectivity index (χ4n) is 2.16. The Morgan fingerprint density at radius 2 is 1.29 bits per heavy atom. The van der Waals surface area contributed by atoms with Gasteiger partial charge in [-0.15, -0.1) is 0 Å². The molecule has 0 N–H and O–H groups in total. The maximum atomic E-state index is 13.5. The van der Waals surface area contributed by atoms with Gasteiger partial charge in [-0.3, -0.25) is 0 Å². The summed E-state index contributed by atoms with van der Waals surface area (Å²) in [5.41, 5.74) is 0. The van der Waals surface area contributed by atoms with Crippen molar-refractivity contribution in [1.29, 1.82) is 0 Å². The van der Waals surface area contributed by atoms with E-state index in [1.807, 2.05) is 60.7 Å². The zero-order chi connectivity index (χ0) is 15.3. The van der Waals surface area contributed by atoms with E-state index in [1.165, 1.54) is 0 Å². The van der Waals surface area contributed by atoms with Crippen molar-refractivity contribution < 1.29 is 13.0 Å². The van der Waals surface area contributed by atoms with Crippen LogP contribution in [-0.4, -0.2) is 26.1 Å². The van der Waals surface area contributed by atoms with E-state index in [9.17, 15) is 13.0 Å². The Kier molecular flexibility index (Phi) is 5.02. The van der Waals surface area contributed by atoms with E-state index >= 15 is 0 Å².